The van der Waals surface area contributed by atoms with E-state index in [0.717, 1.165) is 6.92 Å². The van der Waals surface area contributed by atoms with E-state index in [2.05, 4.69) is 9.78 Å². The first-order valence-electron chi connectivity index (χ1n) is 4.61. The highest BCUT2D eigenvalue weighted by atomic mass is 17.2. The van der Waals surface area contributed by atoms with Crippen LogP contribution < -0.4 is 0 Å². The van der Waals surface area contributed by atoms with Crippen LogP contribution >= 0.6 is 0 Å². The standard InChI is InChI=1S/C8H14O8/c1-3(10)15-16-8-7(13)6(12)5(11)4(2-9)14-8/h4-9,11-13H,2H2,1H3/t4-,5-,6+,7+,8?/m1/s1. The SMILES string of the molecule is CC(=O)OOC1O[C@H](CO)[C@@H](O)[C@H](O)[C@@H]1O. The molecule has 5 atom stereocenters. The highest BCUT2D eigenvalue weighted by Gasteiger charge is 2.45. The molecule has 0 radical (unpaired) electrons. The Labute approximate surface area is 90.9 Å². The molecule has 8 nitrogen and oxygen atoms in total. The Morgan fingerprint density at radius 3 is 2.38 bits per heavy atom. The van der Waals surface area contributed by atoms with E-state index in [9.17, 15) is 20.1 Å². The lowest BCUT2D eigenvalue weighted by molar-refractivity contribution is -0.404. The summed E-state index contributed by atoms with van der Waals surface area (Å²) in [4.78, 5) is 19.0. The number of aliphatic hydroxyl groups excluding tert-OH is 4. The molecule has 16 heavy (non-hydrogen) atoms. The fourth-order valence-corrected chi connectivity index (χ4v) is 1.26. The summed E-state index contributed by atoms with van der Waals surface area (Å²) in [5.41, 5.74) is 0. The average Bonchev–Trinajstić information content (AvgIpc) is 2.25. The van der Waals surface area contributed by atoms with E-state index >= 15 is 0 Å². The third-order valence-corrected chi connectivity index (χ3v) is 2.11. The maximum atomic E-state index is 10.4. The minimum absolute atomic E-state index is 0.578. The second-order valence-electron chi connectivity index (χ2n) is 3.37. The normalized spacial score (nSPS) is 39.4. The van der Waals surface area contributed by atoms with Crippen LogP contribution in [0.1, 0.15) is 6.92 Å². The van der Waals surface area contributed by atoms with Crippen molar-refractivity contribution in [2.45, 2.75) is 37.6 Å². The lowest BCUT2D eigenvalue weighted by Crippen LogP contribution is -2.59. The molecular formula is C8H14O8. The summed E-state index contributed by atoms with van der Waals surface area (Å²) in [6.07, 6.45) is -7.18. The Morgan fingerprint density at radius 2 is 1.88 bits per heavy atom. The maximum Gasteiger partial charge on any atom is 0.339 e. The van der Waals surface area contributed by atoms with E-state index in [4.69, 9.17) is 9.84 Å². The molecule has 0 bridgehead atoms. The second kappa shape index (κ2) is 5.53. The Morgan fingerprint density at radius 1 is 1.25 bits per heavy atom. The van der Waals surface area contributed by atoms with Gasteiger partial charge in [-0.3, -0.25) is 4.89 Å². The molecule has 0 aromatic heterocycles. The van der Waals surface area contributed by atoms with Crippen LogP contribution in [-0.4, -0.2) is 63.7 Å². The second-order valence-corrected chi connectivity index (χ2v) is 3.37. The first kappa shape index (κ1) is 13.3. The molecule has 1 fully saturated rings. The van der Waals surface area contributed by atoms with Crippen molar-refractivity contribution in [2.75, 3.05) is 6.61 Å². The molecule has 1 heterocycles. The van der Waals surface area contributed by atoms with Gasteiger partial charge in [-0.25, -0.2) is 4.79 Å². The fraction of sp³-hybridized carbons (Fsp3) is 0.875. The van der Waals surface area contributed by atoms with E-state index < -0.39 is 43.3 Å². The van der Waals surface area contributed by atoms with Crippen LogP contribution in [-0.2, 0) is 19.3 Å². The zero-order valence-electron chi connectivity index (χ0n) is 8.52. The van der Waals surface area contributed by atoms with Gasteiger partial charge in [0.2, 0.25) is 6.29 Å². The van der Waals surface area contributed by atoms with E-state index in [1.165, 1.54) is 0 Å². The van der Waals surface area contributed by atoms with Gasteiger partial charge in [-0.05, 0) is 0 Å². The third-order valence-electron chi connectivity index (χ3n) is 2.11. The van der Waals surface area contributed by atoms with Gasteiger partial charge in [-0.15, -0.1) is 4.89 Å². The van der Waals surface area contributed by atoms with Crippen LogP contribution in [0.4, 0.5) is 0 Å². The zero-order valence-corrected chi connectivity index (χ0v) is 8.52. The van der Waals surface area contributed by atoms with E-state index in [1.54, 1.807) is 0 Å². The molecule has 1 unspecified atom stereocenters. The number of aliphatic hydroxyl groups is 4. The summed E-state index contributed by atoms with van der Waals surface area (Å²) in [6, 6.07) is 0. The lowest BCUT2D eigenvalue weighted by atomic mass is 9.99. The van der Waals surface area contributed by atoms with Crippen LogP contribution in [0.2, 0.25) is 0 Å². The van der Waals surface area contributed by atoms with Crippen molar-refractivity contribution < 1.29 is 39.7 Å². The smallest absolute Gasteiger partial charge is 0.339 e. The Hall–Kier alpha value is -0.770. The summed E-state index contributed by atoms with van der Waals surface area (Å²) in [5.74, 6) is -0.767. The van der Waals surface area contributed by atoms with Gasteiger partial charge >= 0.3 is 5.97 Å². The van der Waals surface area contributed by atoms with Crippen LogP contribution in [0.15, 0.2) is 0 Å². The first-order chi connectivity index (χ1) is 7.47. The van der Waals surface area contributed by atoms with Gasteiger partial charge in [-0.2, -0.15) is 0 Å². The average molecular weight is 238 g/mol. The molecule has 0 aromatic carbocycles. The topological polar surface area (TPSA) is 126 Å². The third kappa shape index (κ3) is 2.88. The Balaban J connectivity index is 2.60. The lowest BCUT2D eigenvalue weighted by Gasteiger charge is -2.38. The monoisotopic (exact) mass is 238 g/mol. The van der Waals surface area contributed by atoms with Crippen molar-refractivity contribution in [1.29, 1.82) is 0 Å². The molecule has 1 saturated heterocycles. The van der Waals surface area contributed by atoms with Gasteiger partial charge in [0.1, 0.15) is 24.4 Å². The van der Waals surface area contributed by atoms with Gasteiger partial charge in [0.15, 0.2) is 0 Å². The van der Waals surface area contributed by atoms with Gasteiger partial charge < -0.3 is 25.2 Å². The maximum absolute atomic E-state index is 10.4. The summed E-state index contributed by atoms with van der Waals surface area (Å²) in [6.45, 7) is 0.495. The van der Waals surface area contributed by atoms with Gasteiger partial charge in [0, 0.05) is 6.92 Å². The quantitative estimate of drug-likeness (QED) is 0.308. The predicted molar refractivity (Wildman–Crippen MR) is 46.6 cm³/mol. The molecule has 1 aliphatic heterocycles. The summed E-state index contributed by atoms with van der Waals surface area (Å²) < 4.78 is 4.87. The Bertz CT molecular complexity index is 242. The molecule has 0 spiro atoms. The van der Waals surface area contributed by atoms with E-state index in [0.29, 0.717) is 0 Å². The molecule has 1 rings (SSSR count). The number of hydrogen-bond acceptors (Lipinski definition) is 8. The number of hydrogen-bond donors (Lipinski definition) is 4. The van der Waals surface area contributed by atoms with Crippen molar-refractivity contribution in [2.24, 2.45) is 0 Å². The van der Waals surface area contributed by atoms with E-state index in [-0.39, 0.29) is 0 Å². The molecule has 4 N–H and O–H groups in total. The first-order valence-corrected chi connectivity index (χ1v) is 4.61. The number of rotatable bonds is 3. The zero-order chi connectivity index (χ0) is 12.3. The molecule has 0 aliphatic carbocycles. The summed E-state index contributed by atoms with van der Waals surface area (Å²) >= 11 is 0. The van der Waals surface area contributed by atoms with E-state index in [1.807, 2.05) is 0 Å². The molecule has 8 heteroatoms. The van der Waals surface area contributed by atoms with Crippen molar-refractivity contribution in [3.63, 3.8) is 0 Å². The Kier molecular flexibility index (Phi) is 4.59. The summed E-state index contributed by atoms with van der Waals surface area (Å²) in [7, 11) is 0. The van der Waals surface area contributed by atoms with Crippen LogP contribution in [0.25, 0.3) is 0 Å². The molecule has 0 aromatic rings. The van der Waals surface area contributed by atoms with Crippen molar-refractivity contribution >= 4 is 5.97 Å². The van der Waals surface area contributed by atoms with Crippen LogP contribution in [0, 0.1) is 0 Å². The predicted octanol–water partition coefficient (Wildman–Crippen LogP) is -2.72. The molecule has 1 aliphatic rings. The fourth-order valence-electron chi connectivity index (χ4n) is 1.26. The summed E-state index contributed by atoms with van der Waals surface area (Å²) in [5, 5.41) is 36.9. The molecule has 0 saturated carbocycles. The number of carbonyl (C=O) groups excluding carboxylic acids is 1. The highest BCUT2D eigenvalue weighted by Crippen LogP contribution is 2.21. The van der Waals surface area contributed by atoms with Gasteiger partial charge in [0.05, 0.1) is 6.61 Å². The van der Waals surface area contributed by atoms with Crippen molar-refractivity contribution in [3.8, 4) is 0 Å². The van der Waals surface area contributed by atoms with Crippen LogP contribution in [0.5, 0.6) is 0 Å². The van der Waals surface area contributed by atoms with Crippen molar-refractivity contribution in [3.05, 3.63) is 0 Å². The molecular weight excluding hydrogens is 224 g/mol. The van der Waals surface area contributed by atoms with Crippen LogP contribution in [0.3, 0.4) is 0 Å². The largest absolute Gasteiger partial charge is 0.394 e. The number of ether oxygens (including phenoxy) is 1. The minimum Gasteiger partial charge on any atom is -0.394 e. The van der Waals surface area contributed by atoms with Gasteiger partial charge in [0.25, 0.3) is 0 Å². The van der Waals surface area contributed by atoms with Gasteiger partial charge in [-0.1, -0.05) is 0 Å². The van der Waals surface area contributed by atoms with Crippen molar-refractivity contribution in [1.82, 2.24) is 0 Å². The minimum atomic E-state index is -1.59. The molecule has 94 valence electrons. The number of carbonyl (C=O) groups is 1. The highest BCUT2D eigenvalue weighted by molar-refractivity contribution is 5.65. The molecule has 0 amide bonds.